The van der Waals surface area contributed by atoms with Crippen LogP contribution >= 0.6 is 11.6 Å². The van der Waals surface area contributed by atoms with Gasteiger partial charge in [-0.2, -0.15) is 0 Å². The summed E-state index contributed by atoms with van der Waals surface area (Å²) in [4.78, 5) is 16.5. The molecule has 0 spiro atoms. The number of rotatable bonds is 12. The van der Waals surface area contributed by atoms with Crippen LogP contribution in [0.25, 0.3) is 0 Å². The molecule has 0 bridgehead atoms. The summed E-state index contributed by atoms with van der Waals surface area (Å²) in [5.74, 6) is 1.10. The fourth-order valence-corrected chi connectivity index (χ4v) is 3.94. The molecule has 1 fully saturated rings. The lowest BCUT2D eigenvalue weighted by Crippen LogP contribution is -2.41. The van der Waals surface area contributed by atoms with Crippen LogP contribution < -0.4 is 4.74 Å². The monoisotopic (exact) mass is 440 g/mol. The Morgan fingerprint density at radius 3 is 2.43 bits per heavy atom. The van der Waals surface area contributed by atoms with E-state index >= 15 is 0 Å². The molecule has 0 atom stereocenters. The standard InChI is InChI=1S/C23H37ClN2O4/c1-4-26(15-17-28-3)14-5-16-29-18-19-6-10-21(11-7-19)25(2)23(27)30-22-12-8-20(24)9-13-22/h8-9,12-13,19,21H,4-7,10-11,14-18H2,1-3H3/t19-,21-. The molecule has 0 saturated heterocycles. The second kappa shape index (κ2) is 13.9. The number of likely N-dealkylation sites (N-methyl/N-ethyl adjacent to an activating group) is 1. The van der Waals surface area contributed by atoms with Gasteiger partial charge in [0.25, 0.3) is 0 Å². The topological polar surface area (TPSA) is 51.2 Å². The molecule has 1 aromatic rings. The van der Waals surface area contributed by atoms with E-state index in [4.69, 9.17) is 25.8 Å². The van der Waals surface area contributed by atoms with Crippen molar-refractivity contribution in [3.8, 4) is 5.75 Å². The van der Waals surface area contributed by atoms with Crippen LogP contribution in [0.2, 0.25) is 5.02 Å². The molecular weight excluding hydrogens is 404 g/mol. The van der Waals surface area contributed by atoms with Gasteiger partial charge in [-0.3, -0.25) is 0 Å². The van der Waals surface area contributed by atoms with Gasteiger partial charge in [0.1, 0.15) is 5.75 Å². The lowest BCUT2D eigenvalue weighted by molar-refractivity contribution is 0.0618. The maximum atomic E-state index is 12.4. The molecular formula is C23H37ClN2O4. The van der Waals surface area contributed by atoms with Crippen molar-refractivity contribution in [3.63, 3.8) is 0 Å². The zero-order valence-corrected chi connectivity index (χ0v) is 19.4. The molecule has 1 amide bonds. The van der Waals surface area contributed by atoms with Gasteiger partial charge in [0.15, 0.2) is 0 Å². The molecule has 0 unspecified atom stereocenters. The van der Waals surface area contributed by atoms with Gasteiger partial charge in [0.2, 0.25) is 0 Å². The van der Waals surface area contributed by atoms with Gasteiger partial charge in [-0.15, -0.1) is 0 Å². The van der Waals surface area contributed by atoms with Crippen molar-refractivity contribution in [2.45, 2.75) is 45.1 Å². The van der Waals surface area contributed by atoms with E-state index in [-0.39, 0.29) is 12.1 Å². The molecule has 0 aliphatic heterocycles. The fraction of sp³-hybridized carbons (Fsp3) is 0.696. The first-order valence-corrected chi connectivity index (χ1v) is 11.4. The Kier molecular flexibility index (Phi) is 11.5. The molecule has 7 heteroatoms. The van der Waals surface area contributed by atoms with Gasteiger partial charge in [-0.25, -0.2) is 4.79 Å². The number of benzene rings is 1. The maximum Gasteiger partial charge on any atom is 0.415 e. The van der Waals surface area contributed by atoms with Crippen LogP contribution in [0.5, 0.6) is 5.75 Å². The Morgan fingerprint density at radius 2 is 1.80 bits per heavy atom. The molecule has 170 valence electrons. The summed E-state index contributed by atoms with van der Waals surface area (Å²) >= 11 is 5.87. The Hall–Kier alpha value is -1.34. The third-order valence-electron chi connectivity index (χ3n) is 5.85. The van der Waals surface area contributed by atoms with Crippen LogP contribution in [0.4, 0.5) is 4.79 Å². The first-order valence-electron chi connectivity index (χ1n) is 11.0. The summed E-state index contributed by atoms with van der Waals surface area (Å²) in [5.41, 5.74) is 0. The van der Waals surface area contributed by atoms with Gasteiger partial charge >= 0.3 is 6.09 Å². The molecule has 1 aromatic carbocycles. The van der Waals surface area contributed by atoms with Crippen molar-refractivity contribution < 1.29 is 19.0 Å². The van der Waals surface area contributed by atoms with E-state index in [1.54, 1.807) is 36.3 Å². The molecule has 1 saturated carbocycles. The van der Waals surface area contributed by atoms with Crippen molar-refractivity contribution in [2.24, 2.45) is 5.92 Å². The maximum absolute atomic E-state index is 12.4. The molecule has 1 aliphatic carbocycles. The van der Waals surface area contributed by atoms with Gasteiger partial charge in [-0.1, -0.05) is 18.5 Å². The normalized spacial score (nSPS) is 19.1. The molecule has 0 N–H and O–H groups in total. The van der Waals surface area contributed by atoms with Gasteiger partial charge in [0.05, 0.1) is 6.61 Å². The number of halogens is 1. The third kappa shape index (κ3) is 8.80. The van der Waals surface area contributed by atoms with Crippen LogP contribution in [0.15, 0.2) is 24.3 Å². The number of nitrogens with zero attached hydrogens (tertiary/aromatic N) is 2. The van der Waals surface area contributed by atoms with Crippen molar-refractivity contribution in [3.05, 3.63) is 29.3 Å². The fourth-order valence-electron chi connectivity index (χ4n) is 3.81. The highest BCUT2D eigenvalue weighted by molar-refractivity contribution is 6.30. The Balaban J connectivity index is 1.60. The summed E-state index contributed by atoms with van der Waals surface area (Å²) in [6, 6.07) is 7.07. The first-order chi connectivity index (χ1) is 14.5. The lowest BCUT2D eigenvalue weighted by Gasteiger charge is -2.34. The molecule has 1 aliphatic rings. The van der Waals surface area contributed by atoms with Crippen molar-refractivity contribution >= 4 is 17.7 Å². The zero-order valence-electron chi connectivity index (χ0n) is 18.6. The Morgan fingerprint density at radius 1 is 1.10 bits per heavy atom. The summed E-state index contributed by atoms with van der Waals surface area (Å²) in [6.07, 6.45) is 4.87. The smallest absolute Gasteiger partial charge is 0.410 e. The van der Waals surface area contributed by atoms with Crippen LogP contribution in [0, 0.1) is 5.92 Å². The van der Waals surface area contributed by atoms with E-state index in [9.17, 15) is 4.79 Å². The van der Waals surface area contributed by atoms with Crippen molar-refractivity contribution in [2.75, 3.05) is 53.6 Å². The third-order valence-corrected chi connectivity index (χ3v) is 6.10. The second-order valence-corrected chi connectivity index (χ2v) is 8.40. The minimum Gasteiger partial charge on any atom is -0.410 e. The van der Waals surface area contributed by atoms with E-state index in [0.717, 1.165) is 71.6 Å². The van der Waals surface area contributed by atoms with Crippen molar-refractivity contribution in [1.82, 2.24) is 9.80 Å². The number of amides is 1. The largest absolute Gasteiger partial charge is 0.415 e. The average Bonchev–Trinajstić information content (AvgIpc) is 2.77. The van der Waals surface area contributed by atoms with Crippen LogP contribution in [-0.4, -0.2) is 75.5 Å². The van der Waals surface area contributed by atoms with Gasteiger partial charge in [0, 0.05) is 51.5 Å². The molecule has 6 nitrogen and oxygen atoms in total. The Labute approximate surface area is 186 Å². The number of carbonyl (C=O) groups is 1. The summed E-state index contributed by atoms with van der Waals surface area (Å²) in [5, 5.41) is 0.623. The summed E-state index contributed by atoms with van der Waals surface area (Å²) in [7, 11) is 3.56. The summed E-state index contributed by atoms with van der Waals surface area (Å²) < 4.78 is 16.5. The number of hydrogen-bond acceptors (Lipinski definition) is 5. The van der Waals surface area contributed by atoms with Crippen LogP contribution in [0.3, 0.4) is 0 Å². The van der Waals surface area contributed by atoms with Crippen molar-refractivity contribution in [1.29, 1.82) is 0 Å². The number of methoxy groups -OCH3 is 1. The molecule has 30 heavy (non-hydrogen) atoms. The number of carbonyl (C=O) groups excluding carboxylic acids is 1. The van der Waals surface area contributed by atoms with Gasteiger partial charge < -0.3 is 24.0 Å². The minimum absolute atomic E-state index is 0.222. The minimum atomic E-state index is -0.314. The van der Waals surface area contributed by atoms with Crippen LogP contribution in [0.1, 0.15) is 39.0 Å². The molecule has 0 aromatic heterocycles. The highest BCUT2D eigenvalue weighted by Crippen LogP contribution is 2.28. The number of hydrogen-bond donors (Lipinski definition) is 0. The quantitative estimate of drug-likeness (QED) is 0.441. The summed E-state index contributed by atoms with van der Waals surface area (Å²) in [6.45, 7) is 7.64. The van der Waals surface area contributed by atoms with E-state index in [1.165, 1.54) is 0 Å². The average molecular weight is 441 g/mol. The van der Waals surface area contributed by atoms with E-state index in [1.807, 2.05) is 7.05 Å². The zero-order chi connectivity index (χ0) is 21.8. The van der Waals surface area contributed by atoms with Crippen LogP contribution in [-0.2, 0) is 9.47 Å². The second-order valence-electron chi connectivity index (χ2n) is 7.96. The highest BCUT2D eigenvalue weighted by atomic mass is 35.5. The molecule has 0 radical (unpaired) electrons. The molecule has 2 rings (SSSR count). The predicted octanol–water partition coefficient (Wildman–Crippen LogP) is 4.70. The first kappa shape index (κ1) is 24.9. The van der Waals surface area contributed by atoms with E-state index in [0.29, 0.717) is 16.7 Å². The van der Waals surface area contributed by atoms with Gasteiger partial charge in [-0.05, 0) is 68.8 Å². The number of ether oxygens (including phenoxy) is 3. The Bertz CT molecular complexity index is 606. The highest BCUT2D eigenvalue weighted by Gasteiger charge is 2.27. The lowest BCUT2D eigenvalue weighted by atomic mass is 9.86. The van der Waals surface area contributed by atoms with E-state index < -0.39 is 0 Å². The predicted molar refractivity (Wildman–Crippen MR) is 120 cm³/mol. The molecule has 0 heterocycles. The van der Waals surface area contributed by atoms with E-state index in [2.05, 4.69) is 11.8 Å². The SMILES string of the molecule is CCN(CCCOC[C@H]1CC[C@H](N(C)C(=O)Oc2ccc(Cl)cc2)CC1)CCOC.